The minimum Gasteiger partial charge on any atom is -0.496 e. The molecular formula is C24H28N2O4. The monoisotopic (exact) mass is 408 g/mol. The average molecular weight is 408 g/mol. The zero-order chi connectivity index (χ0) is 21.1. The van der Waals surface area contributed by atoms with Gasteiger partial charge in [-0.25, -0.2) is 0 Å². The number of methoxy groups -OCH3 is 1. The Morgan fingerprint density at radius 2 is 1.97 bits per heavy atom. The third-order valence-electron chi connectivity index (χ3n) is 6.31. The number of carbonyl (C=O) groups excluding carboxylic acids is 2. The van der Waals surface area contributed by atoms with Gasteiger partial charge in [-0.1, -0.05) is 42.5 Å². The Morgan fingerprint density at radius 3 is 2.63 bits per heavy atom. The van der Waals surface area contributed by atoms with E-state index in [-0.39, 0.29) is 17.9 Å². The van der Waals surface area contributed by atoms with Gasteiger partial charge in [0.2, 0.25) is 5.91 Å². The minimum atomic E-state index is -0.736. The first-order chi connectivity index (χ1) is 14.5. The lowest BCUT2D eigenvalue weighted by Gasteiger charge is -2.27. The molecule has 2 amide bonds. The maximum atomic E-state index is 12.7. The SMILES string of the molecule is COc1ccccc1-c1ccc(C[C@@]2(C(N)=O)CCN(C(=O)[C@H]3CCCO3)C2)cc1. The summed E-state index contributed by atoms with van der Waals surface area (Å²) in [4.78, 5) is 26.9. The van der Waals surface area contributed by atoms with Gasteiger partial charge in [0.05, 0.1) is 12.5 Å². The first kappa shape index (κ1) is 20.4. The number of nitrogens with zero attached hydrogens (tertiary/aromatic N) is 1. The van der Waals surface area contributed by atoms with Gasteiger partial charge in [0, 0.05) is 25.3 Å². The summed E-state index contributed by atoms with van der Waals surface area (Å²) in [5.74, 6) is 0.457. The van der Waals surface area contributed by atoms with E-state index < -0.39 is 5.41 Å². The van der Waals surface area contributed by atoms with Crippen LogP contribution in [-0.4, -0.2) is 49.6 Å². The number of likely N-dealkylation sites (tertiary alicyclic amines) is 1. The van der Waals surface area contributed by atoms with Gasteiger partial charge in [-0.2, -0.15) is 0 Å². The molecule has 2 atom stereocenters. The molecule has 0 radical (unpaired) electrons. The van der Waals surface area contributed by atoms with E-state index in [9.17, 15) is 9.59 Å². The molecular weight excluding hydrogens is 380 g/mol. The van der Waals surface area contributed by atoms with Crippen molar-refractivity contribution in [2.45, 2.75) is 31.8 Å². The molecule has 4 rings (SSSR count). The molecule has 158 valence electrons. The number of ether oxygens (including phenoxy) is 2. The van der Waals surface area contributed by atoms with E-state index in [1.807, 2.05) is 48.5 Å². The Labute approximate surface area is 177 Å². The topological polar surface area (TPSA) is 81.9 Å². The summed E-state index contributed by atoms with van der Waals surface area (Å²) < 4.78 is 11.0. The van der Waals surface area contributed by atoms with Gasteiger partial charge in [-0.3, -0.25) is 9.59 Å². The second-order valence-corrected chi connectivity index (χ2v) is 8.23. The van der Waals surface area contributed by atoms with Crippen molar-refractivity contribution in [3.63, 3.8) is 0 Å². The number of carbonyl (C=O) groups is 2. The van der Waals surface area contributed by atoms with Crippen LogP contribution in [0.5, 0.6) is 5.75 Å². The second-order valence-electron chi connectivity index (χ2n) is 8.23. The number of hydrogen-bond acceptors (Lipinski definition) is 4. The number of benzene rings is 2. The molecule has 2 fully saturated rings. The molecule has 0 bridgehead atoms. The molecule has 2 saturated heterocycles. The fourth-order valence-electron chi connectivity index (χ4n) is 4.55. The van der Waals surface area contributed by atoms with Gasteiger partial charge in [0.25, 0.3) is 5.91 Å². The Kier molecular flexibility index (Phi) is 5.77. The molecule has 2 heterocycles. The molecule has 0 aromatic heterocycles. The Balaban J connectivity index is 1.50. The Morgan fingerprint density at radius 1 is 1.20 bits per heavy atom. The summed E-state index contributed by atoms with van der Waals surface area (Å²) in [7, 11) is 1.66. The first-order valence-corrected chi connectivity index (χ1v) is 10.4. The zero-order valence-corrected chi connectivity index (χ0v) is 17.3. The summed E-state index contributed by atoms with van der Waals surface area (Å²) in [5.41, 5.74) is 8.19. The number of nitrogens with two attached hydrogens (primary N) is 1. The quantitative estimate of drug-likeness (QED) is 0.797. The van der Waals surface area contributed by atoms with E-state index in [1.54, 1.807) is 12.0 Å². The lowest BCUT2D eigenvalue weighted by atomic mass is 9.80. The van der Waals surface area contributed by atoms with E-state index in [1.165, 1.54) is 0 Å². The van der Waals surface area contributed by atoms with Crippen LogP contribution in [0, 0.1) is 5.41 Å². The van der Waals surface area contributed by atoms with Crippen LogP contribution < -0.4 is 10.5 Å². The van der Waals surface area contributed by atoms with Gasteiger partial charge in [-0.15, -0.1) is 0 Å². The summed E-state index contributed by atoms with van der Waals surface area (Å²) in [6.45, 7) is 1.53. The van der Waals surface area contributed by atoms with Crippen molar-refractivity contribution in [2.24, 2.45) is 11.1 Å². The van der Waals surface area contributed by atoms with Crippen LogP contribution in [0.15, 0.2) is 48.5 Å². The minimum absolute atomic E-state index is 0.0119. The molecule has 2 aliphatic heterocycles. The van der Waals surface area contributed by atoms with Crippen molar-refractivity contribution in [1.29, 1.82) is 0 Å². The van der Waals surface area contributed by atoms with Crippen molar-refractivity contribution >= 4 is 11.8 Å². The highest BCUT2D eigenvalue weighted by Gasteiger charge is 2.46. The van der Waals surface area contributed by atoms with Gasteiger partial charge in [-0.05, 0) is 42.9 Å². The van der Waals surface area contributed by atoms with E-state index in [0.29, 0.717) is 32.5 Å². The van der Waals surface area contributed by atoms with Crippen LogP contribution in [0.25, 0.3) is 11.1 Å². The smallest absolute Gasteiger partial charge is 0.251 e. The molecule has 30 heavy (non-hydrogen) atoms. The third-order valence-corrected chi connectivity index (χ3v) is 6.31. The average Bonchev–Trinajstić information content (AvgIpc) is 3.45. The molecule has 2 aromatic carbocycles. The Hall–Kier alpha value is -2.86. The van der Waals surface area contributed by atoms with E-state index in [4.69, 9.17) is 15.2 Å². The highest BCUT2D eigenvalue weighted by molar-refractivity contribution is 5.86. The lowest BCUT2D eigenvalue weighted by Crippen LogP contribution is -2.44. The molecule has 0 saturated carbocycles. The van der Waals surface area contributed by atoms with Crippen molar-refractivity contribution in [2.75, 3.05) is 26.8 Å². The predicted octanol–water partition coefficient (Wildman–Crippen LogP) is 2.79. The van der Waals surface area contributed by atoms with E-state index in [2.05, 4.69) is 0 Å². The first-order valence-electron chi connectivity index (χ1n) is 10.4. The van der Waals surface area contributed by atoms with Crippen molar-refractivity contribution < 1.29 is 19.1 Å². The van der Waals surface area contributed by atoms with Gasteiger partial charge in [0.15, 0.2) is 0 Å². The molecule has 0 unspecified atom stereocenters. The van der Waals surface area contributed by atoms with Gasteiger partial charge < -0.3 is 20.1 Å². The van der Waals surface area contributed by atoms with Gasteiger partial charge in [0.1, 0.15) is 11.9 Å². The maximum absolute atomic E-state index is 12.7. The van der Waals surface area contributed by atoms with Crippen LogP contribution in [-0.2, 0) is 20.7 Å². The zero-order valence-electron chi connectivity index (χ0n) is 17.3. The molecule has 6 nitrogen and oxygen atoms in total. The number of amides is 2. The molecule has 2 aromatic rings. The highest BCUT2D eigenvalue weighted by atomic mass is 16.5. The molecule has 6 heteroatoms. The maximum Gasteiger partial charge on any atom is 0.251 e. The van der Waals surface area contributed by atoms with Crippen LogP contribution in [0.2, 0.25) is 0 Å². The fourth-order valence-corrected chi connectivity index (χ4v) is 4.55. The van der Waals surface area contributed by atoms with E-state index >= 15 is 0 Å². The largest absolute Gasteiger partial charge is 0.496 e. The van der Waals surface area contributed by atoms with Crippen LogP contribution in [0.3, 0.4) is 0 Å². The normalized spacial score (nSPS) is 23.5. The number of primary amides is 1. The summed E-state index contributed by atoms with van der Waals surface area (Å²) >= 11 is 0. The lowest BCUT2D eigenvalue weighted by molar-refractivity contribution is -0.140. The summed E-state index contributed by atoms with van der Waals surface area (Å²) in [6, 6.07) is 16.0. The number of rotatable bonds is 6. The summed E-state index contributed by atoms with van der Waals surface area (Å²) in [6.07, 6.45) is 2.39. The predicted molar refractivity (Wildman–Crippen MR) is 114 cm³/mol. The van der Waals surface area contributed by atoms with E-state index in [0.717, 1.165) is 35.3 Å². The third kappa shape index (κ3) is 3.92. The van der Waals surface area contributed by atoms with Crippen LogP contribution in [0.4, 0.5) is 0 Å². The van der Waals surface area contributed by atoms with Crippen LogP contribution >= 0.6 is 0 Å². The summed E-state index contributed by atoms with van der Waals surface area (Å²) in [5, 5.41) is 0. The van der Waals surface area contributed by atoms with Crippen molar-refractivity contribution in [3.8, 4) is 16.9 Å². The number of hydrogen-bond donors (Lipinski definition) is 1. The van der Waals surface area contributed by atoms with Crippen molar-refractivity contribution in [3.05, 3.63) is 54.1 Å². The molecule has 2 N–H and O–H groups in total. The fraction of sp³-hybridized carbons (Fsp3) is 0.417. The van der Waals surface area contributed by atoms with Gasteiger partial charge >= 0.3 is 0 Å². The van der Waals surface area contributed by atoms with Crippen molar-refractivity contribution in [1.82, 2.24) is 4.90 Å². The number of para-hydroxylation sites is 1. The second kappa shape index (κ2) is 8.48. The standard InChI is InChI=1S/C24H28N2O4/c1-29-20-6-3-2-5-19(20)18-10-8-17(9-11-18)15-24(23(25)28)12-13-26(16-24)22(27)21-7-4-14-30-21/h2-3,5-6,8-11,21H,4,7,12-16H2,1H3,(H2,25,28)/t21-,24+/m1/s1. The highest BCUT2D eigenvalue weighted by Crippen LogP contribution is 2.36. The molecule has 2 aliphatic rings. The van der Waals surface area contributed by atoms with Crippen LogP contribution in [0.1, 0.15) is 24.8 Å². The Bertz CT molecular complexity index is 921. The molecule has 0 aliphatic carbocycles. The molecule has 0 spiro atoms.